The average molecular weight is 214 g/mol. The van der Waals surface area contributed by atoms with E-state index in [1.807, 2.05) is 0 Å². The van der Waals surface area contributed by atoms with Crippen molar-refractivity contribution in [2.24, 2.45) is 5.73 Å². The van der Waals surface area contributed by atoms with Gasteiger partial charge in [0.05, 0.1) is 24.5 Å². The van der Waals surface area contributed by atoms with Crippen LogP contribution in [0.1, 0.15) is 0 Å². The molecule has 13 heavy (non-hydrogen) atoms. The zero-order valence-corrected chi connectivity index (χ0v) is 7.46. The number of ether oxygens (including phenoxy) is 1. The molecule has 0 aromatic heterocycles. The molecule has 78 valence electrons. The third-order valence-electron chi connectivity index (χ3n) is 2.02. The van der Waals surface area contributed by atoms with Crippen LogP contribution in [0.5, 0.6) is 0 Å². The Labute approximate surface area is 80.0 Å². The first-order valence-corrected chi connectivity index (χ1v) is 4.08. The maximum atomic E-state index is 9.43. The maximum Gasteiger partial charge on any atom is 0.173 e. The minimum atomic E-state index is -1.30. The average Bonchev–Trinajstić information content (AvgIpc) is 2.12. The van der Waals surface area contributed by atoms with Crippen molar-refractivity contribution in [3.05, 3.63) is 0 Å². The summed E-state index contributed by atoms with van der Waals surface area (Å²) in [5.41, 5.74) is 5.41. The van der Waals surface area contributed by atoms with Gasteiger partial charge >= 0.3 is 0 Å². The minimum Gasteiger partial charge on any atom is -0.394 e. The number of aliphatic hydroxyl groups excluding tert-OH is 3. The Hall–Kier alpha value is 0.0500. The SMILES string of the molecule is N[C@H]1C(O)O[C@H](CO)[C@@H](O)[C@@H]1OCl. The highest BCUT2D eigenvalue weighted by atomic mass is 35.5. The summed E-state index contributed by atoms with van der Waals surface area (Å²) in [6.45, 7) is -0.443. The van der Waals surface area contributed by atoms with Crippen molar-refractivity contribution in [3.63, 3.8) is 0 Å². The smallest absolute Gasteiger partial charge is 0.173 e. The molecule has 0 radical (unpaired) electrons. The van der Waals surface area contributed by atoms with Crippen molar-refractivity contribution in [1.29, 1.82) is 0 Å². The van der Waals surface area contributed by atoms with E-state index in [9.17, 15) is 10.2 Å². The van der Waals surface area contributed by atoms with Gasteiger partial charge in [0.15, 0.2) is 6.29 Å². The summed E-state index contributed by atoms with van der Waals surface area (Å²) in [7, 11) is 0. The van der Waals surface area contributed by atoms with Gasteiger partial charge in [-0.2, -0.15) is 0 Å². The van der Waals surface area contributed by atoms with E-state index < -0.39 is 37.3 Å². The molecule has 1 fully saturated rings. The van der Waals surface area contributed by atoms with Crippen LogP contribution in [0.2, 0.25) is 0 Å². The van der Waals surface area contributed by atoms with Crippen LogP contribution < -0.4 is 5.73 Å². The zero-order chi connectivity index (χ0) is 10.0. The Balaban J connectivity index is 2.69. The van der Waals surface area contributed by atoms with Gasteiger partial charge in [0.1, 0.15) is 18.3 Å². The first-order chi connectivity index (χ1) is 6.11. The summed E-state index contributed by atoms with van der Waals surface area (Å²) in [4.78, 5) is 0. The van der Waals surface area contributed by atoms with Crippen molar-refractivity contribution in [1.82, 2.24) is 0 Å². The monoisotopic (exact) mass is 213 g/mol. The summed E-state index contributed by atoms with van der Waals surface area (Å²) in [6, 6.07) is -0.935. The van der Waals surface area contributed by atoms with E-state index in [1.54, 1.807) is 0 Å². The standard InChI is InChI=1S/C6H12ClNO5/c7-13-5-3(8)6(11)12-2(1-9)4(5)10/h2-6,9-11H,1,8H2/t2-,3-,4-,5-,6?/m1/s1. The van der Waals surface area contributed by atoms with Crippen molar-refractivity contribution in [2.45, 2.75) is 30.6 Å². The van der Waals surface area contributed by atoms with Crippen LogP contribution in [0, 0.1) is 0 Å². The second kappa shape index (κ2) is 4.52. The molecule has 0 amide bonds. The van der Waals surface area contributed by atoms with Gasteiger partial charge in [-0.05, 0) is 0 Å². The number of hydrogen-bond donors (Lipinski definition) is 4. The molecule has 6 nitrogen and oxygen atoms in total. The summed E-state index contributed by atoms with van der Waals surface area (Å²) in [5, 5.41) is 27.4. The highest BCUT2D eigenvalue weighted by Crippen LogP contribution is 2.21. The van der Waals surface area contributed by atoms with E-state index in [4.69, 9.17) is 27.4 Å². The van der Waals surface area contributed by atoms with Gasteiger partial charge in [0.2, 0.25) is 0 Å². The van der Waals surface area contributed by atoms with Gasteiger partial charge < -0.3 is 25.8 Å². The molecule has 0 bridgehead atoms. The van der Waals surface area contributed by atoms with Crippen molar-refractivity contribution < 1.29 is 24.3 Å². The van der Waals surface area contributed by atoms with E-state index in [0.717, 1.165) is 0 Å². The molecule has 0 spiro atoms. The van der Waals surface area contributed by atoms with Gasteiger partial charge in [-0.25, -0.2) is 0 Å². The number of hydrogen-bond acceptors (Lipinski definition) is 6. The van der Waals surface area contributed by atoms with E-state index in [0.29, 0.717) is 0 Å². The van der Waals surface area contributed by atoms with Crippen LogP contribution >= 0.6 is 11.9 Å². The maximum absolute atomic E-state index is 9.43. The molecule has 1 unspecified atom stereocenters. The van der Waals surface area contributed by atoms with Crippen LogP contribution in [-0.2, 0) is 9.03 Å². The molecule has 0 aromatic carbocycles. The van der Waals surface area contributed by atoms with E-state index in [1.165, 1.54) is 0 Å². The van der Waals surface area contributed by atoms with E-state index in [-0.39, 0.29) is 0 Å². The summed E-state index contributed by atoms with van der Waals surface area (Å²) in [6.07, 6.45) is -4.34. The van der Waals surface area contributed by atoms with E-state index in [2.05, 4.69) is 4.29 Å². The largest absolute Gasteiger partial charge is 0.394 e. The van der Waals surface area contributed by atoms with Crippen LogP contribution in [-0.4, -0.2) is 52.6 Å². The molecule has 1 saturated heterocycles. The zero-order valence-electron chi connectivity index (χ0n) is 6.71. The molecular formula is C6H12ClNO5. The number of rotatable bonds is 2. The highest BCUT2D eigenvalue weighted by Gasteiger charge is 2.43. The minimum absolute atomic E-state index is 0.443. The van der Waals surface area contributed by atoms with Gasteiger partial charge in [0.25, 0.3) is 0 Å². The Morgan fingerprint density at radius 1 is 1.46 bits per heavy atom. The third-order valence-corrected chi connectivity index (χ3v) is 2.23. The highest BCUT2D eigenvalue weighted by molar-refractivity contribution is 6.07. The Bertz CT molecular complexity index is 171. The molecule has 1 heterocycles. The molecule has 5 N–H and O–H groups in total. The summed E-state index contributed by atoms with van der Waals surface area (Å²) >= 11 is 5.07. The first-order valence-electron chi connectivity index (χ1n) is 3.77. The lowest BCUT2D eigenvalue weighted by Gasteiger charge is -2.38. The summed E-state index contributed by atoms with van der Waals surface area (Å²) in [5.74, 6) is 0. The fourth-order valence-corrected chi connectivity index (χ4v) is 1.44. The van der Waals surface area contributed by atoms with Gasteiger partial charge in [-0.3, -0.25) is 4.29 Å². The normalized spacial score (nSPS) is 46.4. The van der Waals surface area contributed by atoms with Crippen LogP contribution in [0.3, 0.4) is 0 Å². The second-order valence-corrected chi connectivity index (χ2v) is 3.05. The Kier molecular flexibility index (Phi) is 3.87. The van der Waals surface area contributed by atoms with Crippen LogP contribution in [0.15, 0.2) is 0 Å². The fourth-order valence-electron chi connectivity index (χ4n) is 1.21. The quantitative estimate of drug-likeness (QED) is 0.420. The molecule has 7 heteroatoms. The van der Waals surface area contributed by atoms with Crippen LogP contribution in [0.25, 0.3) is 0 Å². The molecule has 0 saturated carbocycles. The van der Waals surface area contributed by atoms with Gasteiger partial charge in [0, 0.05) is 0 Å². The van der Waals surface area contributed by atoms with Gasteiger partial charge in [-0.15, -0.1) is 0 Å². The predicted molar refractivity (Wildman–Crippen MR) is 42.7 cm³/mol. The predicted octanol–water partition coefficient (Wildman–Crippen LogP) is -2.08. The van der Waals surface area contributed by atoms with Gasteiger partial charge in [-0.1, -0.05) is 0 Å². The van der Waals surface area contributed by atoms with E-state index >= 15 is 0 Å². The fraction of sp³-hybridized carbons (Fsp3) is 1.00. The topological polar surface area (TPSA) is 105 Å². The molecule has 1 rings (SSSR count). The first kappa shape index (κ1) is 11.1. The number of halogens is 1. The summed E-state index contributed by atoms with van der Waals surface area (Å²) < 4.78 is 9.15. The third kappa shape index (κ3) is 2.10. The number of aliphatic hydroxyl groups is 3. The lowest BCUT2D eigenvalue weighted by atomic mass is 9.98. The van der Waals surface area contributed by atoms with Crippen LogP contribution in [0.4, 0.5) is 0 Å². The Morgan fingerprint density at radius 3 is 2.54 bits per heavy atom. The molecule has 1 aliphatic heterocycles. The lowest BCUT2D eigenvalue weighted by Crippen LogP contribution is -2.62. The number of nitrogens with two attached hydrogens (primary N) is 1. The lowest BCUT2D eigenvalue weighted by molar-refractivity contribution is -0.243. The van der Waals surface area contributed by atoms with Crippen molar-refractivity contribution in [2.75, 3.05) is 6.61 Å². The second-order valence-electron chi connectivity index (χ2n) is 2.87. The molecule has 0 aliphatic carbocycles. The van der Waals surface area contributed by atoms with Crippen molar-refractivity contribution >= 4 is 11.9 Å². The molecule has 1 aliphatic rings. The Morgan fingerprint density at radius 2 is 2.08 bits per heavy atom. The molecule has 5 atom stereocenters. The molecule has 0 aromatic rings. The molecular weight excluding hydrogens is 202 g/mol. The van der Waals surface area contributed by atoms with Crippen molar-refractivity contribution in [3.8, 4) is 0 Å².